The Labute approximate surface area is 189 Å². The molecule has 30 heavy (non-hydrogen) atoms. The van der Waals surface area contributed by atoms with Crippen molar-refractivity contribution in [1.29, 1.82) is 0 Å². The highest BCUT2D eigenvalue weighted by Crippen LogP contribution is 2.43. The van der Waals surface area contributed by atoms with Crippen LogP contribution in [0.5, 0.6) is 0 Å². The van der Waals surface area contributed by atoms with E-state index >= 15 is 0 Å². The van der Waals surface area contributed by atoms with E-state index in [1.54, 1.807) is 17.4 Å². The lowest BCUT2D eigenvalue weighted by atomic mass is 9.83. The number of rotatable bonds is 3. The van der Waals surface area contributed by atoms with Crippen LogP contribution in [0.25, 0.3) is 11.0 Å². The topological polar surface area (TPSA) is 79.0 Å². The third-order valence-corrected chi connectivity index (χ3v) is 6.75. The third-order valence-electron chi connectivity index (χ3n) is 5.55. The van der Waals surface area contributed by atoms with E-state index in [-0.39, 0.29) is 48.7 Å². The van der Waals surface area contributed by atoms with Crippen LogP contribution >= 0.6 is 36.2 Å². The highest BCUT2D eigenvalue weighted by atomic mass is 35.5. The molecule has 10 heteroatoms. The first-order chi connectivity index (χ1) is 13.6. The molecule has 6 nitrogen and oxygen atoms in total. The zero-order valence-electron chi connectivity index (χ0n) is 16.1. The summed E-state index contributed by atoms with van der Waals surface area (Å²) in [5.74, 6) is 0.175. The van der Waals surface area contributed by atoms with Crippen LogP contribution in [0.1, 0.15) is 38.8 Å². The molecule has 1 saturated heterocycles. The van der Waals surface area contributed by atoms with Crippen molar-refractivity contribution < 1.29 is 13.9 Å². The largest absolute Gasteiger partial charge is 0.370 e. The van der Waals surface area contributed by atoms with Gasteiger partial charge in [0, 0.05) is 11.3 Å². The fourth-order valence-electron chi connectivity index (χ4n) is 4.14. The summed E-state index contributed by atoms with van der Waals surface area (Å²) >= 11 is 1.56. The van der Waals surface area contributed by atoms with E-state index in [0.717, 1.165) is 32.4 Å². The molecule has 162 valence electrons. The van der Waals surface area contributed by atoms with E-state index in [0.29, 0.717) is 28.3 Å². The lowest BCUT2D eigenvalue weighted by Crippen LogP contribution is -2.44. The minimum Gasteiger partial charge on any atom is -0.370 e. The lowest BCUT2D eigenvalue weighted by molar-refractivity contribution is -0.0792. The van der Waals surface area contributed by atoms with Crippen molar-refractivity contribution in [2.75, 3.05) is 19.7 Å². The van der Waals surface area contributed by atoms with Crippen molar-refractivity contribution in [3.05, 3.63) is 51.2 Å². The number of thiophene rings is 1. The van der Waals surface area contributed by atoms with Gasteiger partial charge in [0.1, 0.15) is 11.6 Å². The molecule has 2 aliphatic heterocycles. The molecule has 0 atom stereocenters. The van der Waals surface area contributed by atoms with E-state index in [2.05, 4.69) is 20.6 Å². The van der Waals surface area contributed by atoms with Crippen molar-refractivity contribution in [2.24, 2.45) is 0 Å². The molecule has 5 rings (SSSR count). The number of aromatic amines is 1. The molecule has 0 unspecified atom stereocenters. The Bertz CT molecular complexity index is 1050. The number of hydrogen-bond donors (Lipinski definition) is 3. The normalized spacial score (nSPS) is 17.1. The maximum absolute atomic E-state index is 13.3. The minimum absolute atomic E-state index is 0. The van der Waals surface area contributed by atoms with Crippen LogP contribution in [0.2, 0.25) is 0 Å². The van der Waals surface area contributed by atoms with Crippen molar-refractivity contribution in [3.63, 3.8) is 0 Å². The number of H-pyrrole nitrogens is 1. The summed E-state index contributed by atoms with van der Waals surface area (Å²) < 4.78 is 19.5. The molecule has 0 aliphatic carbocycles. The van der Waals surface area contributed by atoms with Gasteiger partial charge in [-0.1, -0.05) is 0 Å². The summed E-state index contributed by atoms with van der Waals surface area (Å²) in [6, 6.07) is 6.41. The molecular weight excluding hydrogens is 450 g/mol. The summed E-state index contributed by atoms with van der Waals surface area (Å²) in [6.07, 6.45) is 2.73. The number of fused-ring (bicyclic) bond motifs is 3. The molecule has 0 saturated carbocycles. The van der Waals surface area contributed by atoms with Gasteiger partial charge in [-0.05, 0) is 55.8 Å². The minimum atomic E-state index is -0.315. The van der Waals surface area contributed by atoms with E-state index in [4.69, 9.17) is 4.74 Å². The Hall–Kier alpha value is -1.71. The number of amides is 1. The second-order valence-corrected chi connectivity index (χ2v) is 8.45. The fourth-order valence-corrected chi connectivity index (χ4v) is 5.29. The van der Waals surface area contributed by atoms with Crippen LogP contribution in [0.15, 0.2) is 24.3 Å². The van der Waals surface area contributed by atoms with Gasteiger partial charge in [0.05, 0.1) is 34.7 Å². The van der Waals surface area contributed by atoms with Crippen LogP contribution < -0.4 is 10.6 Å². The predicted molar refractivity (Wildman–Crippen MR) is 119 cm³/mol. The zero-order chi connectivity index (χ0) is 19.1. The van der Waals surface area contributed by atoms with Crippen LogP contribution in [0, 0.1) is 5.82 Å². The first-order valence-electron chi connectivity index (χ1n) is 9.53. The van der Waals surface area contributed by atoms with Gasteiger partial charge < -0.3 is 20.4 Å². The molecule has 1 fully saturated rings. The number of carbonyl (C=O) groups is 1. The number of aromatic nitrogens is 2. The number of nitrogens with one attached hydrogen (secondary N) is 3. The summed E-state index contributed by atoms with van der Waals surface area (Å²) in [7, 11) is 0. The van der Waals surface area contributed by atoms with Gasteiger partial charge in [0.15, 0.2) is 0 Å². The van der Waals surface area contributed by atoms with Crippen molar-refractivity contribution in [2.45, 2.75) is 31.4 Å². The average Bonchev–Trinajstić information content (AvgIpc) is 3.31. The summed E-state index contributed by atoms with van der Waals surface area (Å²) in [6.45, 7) is 2.85. The summed E-state index contributed by atoms with van der Waals surface area (Å²) in [4.78, 5) is 22.1. The van der Waals surface area contributed by atoms with Gasteiger partial charge >= 0.3 is 0 Å². The Morgan fingerprint density at radius 1 is 1.27 bits per heavy atom. The fraction of sp³-hybridized carbons (Fsp3) is 0.400. The quantitative estimate of drug-likeness (QED) is 0.542. The molecular formula is C20H23Cl2FN4O2S. The smallest absolute Gasteiger partial charge is 0.261 e. The number of ether oxygens (including phenoxy) is 1. The van der Waals surface area contributed by atoms with E-state index in [1.807, 2.05) is 6.07 Å². The van der Waals surface area contributed by atoms with Gasteiger partial charge in [-0.25, -0.2) is 9.37 Å². The molecule has 0 bridgehead atoms. The van der Waals surface area contributed by atoms with Crippen LogP contribution in [-0.4, -0.2) is 35.6 Å². The number of piperidine rings is 1. The van der Waals surface area contributed by atoms with Gasteiger partial charge in [-0.15, -0.1) is 36.2 Å². The highest BCUT2D eigenvalue weighted by Gasteiger charge is 2.40. The molecule has 1 amide bonds. The Morgan fingerprint density at radius 3 is 2.87 bits per heavy atom. The second kappa shape index (κ2) is 9.20. The lowest BCUT2D eigenvalue weighted by Gasteiger charge is -2.40. The Kier molecular flexibility index (Phi) is 7.04. The molecule has 0 radical (unpaired) electrons. The predicted octanol–water partition coefficient (Wildman–Crippen LogP) is 3.69. The first-order valence-corrected chi connectivity index (χ1v) is 10.3. The molecule has 1 spiro atoms. The van der Waals surface area contributed by atoms with Crippen LogP contribution in [-0.2, 0) is 23.3 Å². The van der Waals surface area contributed by atoms with Crippen molar-refractivity contribution in [3.8, 4) is 0 Å². The Balaban J connectivity index is 0.00000128. The number of nitrogens with zero attached hydrogens (tertiary/aromatic N) is 1. The molecule has 3 aromatic rings. The van der Waals surface area contributed by atoms with Gasteiger partial charge in [0.2, 0.25) is 0 Å². The van der Waals surface area contributed by atoms with Gasteiger partial charge in [-0.2, -0.15) is 0 Å². The van der Waals surface area contributed by atoms with Crippen molar-refractivity contribution in [1.82, 2.24) is 20.6 Å². The molecule has 2 aliphatic rings. The van der Waals surface area contributed by atoms with Gasteiger partial charge in [0.25, 0.3) is 5.91 Å². The Morgan fingerprint density at radius 2 is 2.07 bits per heavy atom. The number of halogens is 3. The number of hydrogen-bond acceptors (Lipinski definition) is 5. The van der Waals surface area contributed by atoms with Crippen molar-refractivity contribution >= 4 is 53.1 Å². The van der Waals surface area contributed by atoms with Crippen LogP contribution in [0.3, 0.4) is 0 Å². The number of imidazole rings is 1. The third kappa shape index (κ3) is 4.20. The van der Waals surface area contributed by atoms with E-state index in [1.165, 1.54) is 22.6 Å². The monoisotopic (exact) mass is 472 g/mol. The summed E-state index contributed by atoms with van der Waals surface area (Å²) in [5, 5.41) is 6.30. The first kappa shape index (κ1) is 23.0. The standard InChI is InChI=1S/C20H21FN4O2S.2ClH/c21-12-1-2-14-15(9-12)25-18(24-14)11-23-19(26)17-10-13-16(28-17)3-8-27-20(13)4-6-22-7-5-20;;/h1-2,9-10,22H,3-8,11H2,(H,23,26)(H,24,25);2*1H. The molecule has 3 N–H and O–H groups in total. The molecule has 4 heterocycles. The molecule has 2 aromatic heterocycles. The molecule has 1 aromatic carbocycles. The maximum atomic E-state index is 13.3. The average molecular weight is 473 g/mol. The highest BCUT2D eigenvalue weighted by molar-refractivity contribution is 7.14. The maximum Gasteiger partial charge on any atom is 0.261 e. The van der Waals surface area contributed by atoms with Gasteiger partial charge in [-0.3, -0.25) is 4.79 Å². The van der Waals surface area contributed by atoms with Crippen LogP contribution in [0.4, 0.5) is 4.39 Å². The zero-order valence-corrected chi connectivity index (χ0v) is 18.6. The van der Waals surface area contributed by atoms with E-state index < -0.39 is 0 Å². The summed E-state index contributed by atoms with van der Waals surface area (Å²) in [5.41, 5.74) is 2.26. The SMILES string of the molecule is Cl.Cl.O=C(NCc1nc2ccc(F)cc2[nH]1)c1cc2c(s1)CCOC21CCNCC1. The number of carbonyl (C=O) groups excluding carboxylic acids is 1. The number of benzene rings is 1. The van der Waals surface area contributed by atoms with E-state index in [9.17, 15) is 9.18 Å². The second-order valence-electron chi connectivity index (χ2n) is 7.32.